The molecule has 3 rings (SSSR count). The van der Waals surface area contributed by atoms with Crippen LogP contribution in [-0.2, 0) is 10.0 Å². The lowest BCUT2D eigenvalue weighted by atomic mass is 9.96. The van der Waals surface area contributed by atoms with E-state index in [1.165, 1.54) is 12.8 Å². The molecule has 0 saturated carbocycles. The predicted molar refractivity (Wildman–Crippen MR) is 87.4 cm³/mol. The second-order valence-corrected chi connectivity index (χ2v) is 8.57. The maximum Gasteiger partial charge on any atom is 0.214 e. The number of piperidine rings is 2. The molecule has 3 heterocycles. The second-order valence-electron chi connectivity index (χ2n) is 6.53. The van der Waals surface area contributed by atoms with Crippen LogP contribution in [0.2, 0.25) is 0 Å². The standard InChI is InChI=1S/C14H27N3O2S.ClH/c18-20(19)10-2-9-17(20)14-3-1-8-16(12-14)11-13-4-6-15-7-5-13;/h13-15H,1-12H2;1H. The fraction of sp³-hybridized carbons (Fsp3) is 1.00. The van der Waals surface area contributed by atoms with E-state index < -0.39 is 10.0 Å². The van der Waals surface area contributed by atoms with Gasteiger partial charge in [-0.1, -0.05) is 0 Å². The summed E-state index contributed by atoms with van der Waals surface area (Å²) in [5.74, 6) is 1.16. The molecule has 0 aromatic rings. The first-order chi connectivity index (χ1) is 9.65. The van der Waals surface area contributed by atoms with Crippen LogP contribution in [0.5, 0.6) is 0 Å². The van der Waals surface area contributed by atoms with Crippen LogP contribution in [0.1, 0.15) is 32.1 Å². The van der Waals surface area contributed by atoms with Crippen molar-refractivity contribution in [1.29, 1.82) is 0 Å². The van der Waals surface area contributed by atoms with Crippen molar-refractivity contribution in [1.82, 2.24) is 14.5 Å². The van der Waals surface area contributed by atoms with Crippen LogP contribution in [-0.4, -0.2) is 68.7 Å². The number of hydrogen-bond donors (Lipinski definition) is 1. The van der Waals surface area contributed by atoms with Crippen LogP contribution in [0.25, 0.3) is 0 Å². The topological polar surface area (TPSA) is 52.7 Å². The summed E-state index contributed by atoms with van der Waals surface area (Å²) in [5, 5.41) is 3.41. The molecule has 0 spiro atoms. The minimum absolute atomic E-state index is 0. The van der Waals surface area contributed by atoms with Crippen molar-refractivity contribution in [2.24, 2.45) is 5.92 Å². The van der Waals surface area contributed by atoms with E-state index in [1.807, 2.05) is 0 Å². The summed E-state index contributed by atoms with van der Waals surface area (Å²) < 4.78 is 25.9. The predicted octanol–water partition coefficient (Wildman–Crippen LogP) is 0.908. The molecule has 21 heavy (non-hydrogen) atoms. The summed E-state index contributed by atoms with van der Waals surface area (Å²) in [4.78, 5) is 2.51. The third kappa shape index (κ3) is 4.32. The molecule has 124 valence electrons. The van der Waals surface area contributed by atoms with Gasteiger partial charge in [0.1, 0.15) is 0 Å². The van der Waals surface area contributed by atoms with Gasteiger partial charge in [0.05, 0.1) is 5.75 Å². The van der Waals surface area contributed by atoms with E-state index in [-0.39, 0.29) is 18.4 Å². The zero-order valence-electron chi connectivity index (χ0n) is 12.7. The van der Waals surface area contributed by atoms with E-state index in [0.29, 0.717) is 5.75 Å². The van der Waals surface area contributed by atoms with Gasteiger partial charge in [-0.25, -0.2) is 8.42 Å². The van der Waals surface area contributed by atoms with Crippen LogP contribution < -0.4 is 5.32 Å². The zero-order valence-corrected chi connectivity index (χ0v) is 14.3. The number of likely N-dealkylation sites (tertiary alicyclic amines) is 1. The monoisotopic (exact) mass is 337 g/mol. The maximum absolute atomic E-state index is 12.1. The number of halogens is 1. The summed E-state index contributed by atoms with van der Waals surface area (Å²) in [6.07, 6.45) is 5.53. The van der Waals surface area contributed by atoms with E-state index in [9.17, 15) is 8.42 Å². The molecule has 7 heteroatoms. The molecule has 3 aliphatic heterocycles. The molecule has 1 atom stereocenters. The molecular weight excluding hydrogens is 310 g/mol. The van der Waals surface area contributed by atoms with E-state index >= 15 is 0 Å². The van der Waals surface area contributed by atoms with Gasteiger partial charge in [0.2, 0.25) is 10.0 Å². The van der Waals surface area contributed by atoms with Crippen molar-refractivity contribution < 1.29 is 8.42 Å². The van der Waals surface area contributed by atoms with Gasteiger partial charge in [0.15, 0.2) is 0 Å². The fourth-order valence-electron chi connectivity index (χ4n) is 3.93. The smallest absolute Gasteiger partial charge is 0.214 e. The summed E-state index contributed by atoms with van der Waals surface area (Å²) in [7, 11) is -2.95. The molecule has 3 aliphatic rings. The van der Waals surface area contributed by atoms with Gasteiger partial charge >= 0.3 is 0 Å². The lowest BCUT2D eigenvalue weighted by Gasteiger charge is -2.38. The quantitative estimate of drug-likeness (QED) is 0.831. The Hall–Kier alpha value is 0.120. The van der Waals surface area contributed by atoms with Crippen LogP contribution >= 0.6 is 12.4 Å². The van der Waals surface area contributed by atoms with Gasteiger partial charge in [0.25, 0.3) is 0 Å². The van der Waals surface area contributed by atoms with Crippen LogP contribution in [0.15, 0.2) is 0 Å². The van der Waals surface area contributed by atoms with E-state index in [4.69, 9.17) is 0 Å². The first kappa shape index (κ1) is 17.5. The number of hydrogen-bond acceptors (Lipinski definition) is 4. The Morgan fingerprint density at radius 2 is 1.81 bits per heavy atom. The lowest BCUT2D eigenvalue weighted by molar-refractivity contribution is 0.126. The molecular formula is C14H28ClN3O2S. The first-order valence-corrected chi connectivity index (χ1v) is 9.69. The van der Waals surface area contributed by atoms with Gasteiger partial charge in [-0.05, 0) is 57.7 Å². The van der Waals surface area contributed by atoms with E-state index in [1.54, 1.807) is 4.31 Å². The Kier molecular flexibility index (Phi) is 6.32. The SMILES string of the molecule is Cl.O=S1(=O)CCCN1C1CCCN(CC2CCNCC2)C1. The minimum atomic E-state index is -2.95. The van der Waals surface area contributed by atoms with Crippen molar-refractivity contribution in [3.05, 3.63) is 0 Å². The van der Waals surface area contributed by atoms with Crippen molar-refractivity contribution >= 4 is 22.4 Å². The van der Waals surface area contributed by atoms with Crippen molar-refractivity contribution in [3.8, 4) is 0 Å². The molecule has 0 aromatic carbocycles. The number of sulfonamides is 1. The summed E-state index contributed by atoms with van der Waals surface area (Å²) >= 11 is 0. The maximum atomic E-state index is 12.1. The minimum Gasteiger partial charge on any atom is -0.317 e. The van der Waals surface area contributed by atoms with Crippen LogP contribution in [0, 0.1) is 5.92 Å². The molecule has 0 aliphatic carbocycles. The summed E-state index contributed by atoms with van der Waals surface area (Å²) in [6.45, 7) is 6.28. The van der Waals surface area contributed by atoms with Crippen LogP contribution in [0.3, 0.4) is 0 Å². The lowest BCUT2D eigenvalue weighted by Crippen LogP contribution is -2.50. The molecule has 1 unspecified atom stereocenters. The highest BCUT2D eigenvalue weighted by Gasteiger charge is 2.36. The van der Waals surface area contributed by atoms with Crippen molar-refractivity contribution in [2.45, 2.75) is 38.1 Å². The number of nitrogens with zero attached hydrogens (tertiary/aromatic N) is 2. The van der Waals surface area contributed by atoms with Gasteiger partial charge < -0.3 is 10.2 Å². The Balaban J connectivity index is 0.00000161. The zero-order chi connectivity index (χ0) is 14.0. The molecule has 3 fully saturated rings. The second kappa shape index (κ2) is 7.59. The average molecular weight is 338 g/mol. The molecule has 5 nitrogen and oxygen atoms in total. The Labute approximate surface area is 134 Å². The third-order valence-electron chi connectivity index (χ3n) is 5.00. The van der Waals surface area contributed by atoms with Crippen molar-refractivity contribution in [2.75, 3.05) is 45.0 Å². The first-order valence-electron chi connectivity index (χ1n) is 8.08. The third-order valence-corrected chi connectivity index (χ3v) is 7.00. The summed E-state index contributed by atoms with van der Waals surface area (Å²) in [5.41, 5.74) is 0. The largest absolute Gasteiger partial charge is 0.317 e. The highest BCUT2D eigenvalue weighted by Crippen LogP contribution is 2.25. The number of nitrogens with one attached hydrogen (secondary N) is 1. The average Bonchev–Trinajstić information content (AvgIpc) is 2.80. The van der Waals surface area contributed by atoms with Crippen LogP contribution in [0.4, 0.5) is 0 Å². The molecule has 0 aromatic heterocycles. The highest BCUT2D eigenvalue weighted by atomic mass is 35.5. The van der Waals surface area contributed by atoms with Gasteiger partial charge in [-0.15, -0.1) is 12.4 Å². The molecule has 0 amide bonds. The van der Waals surface area contributed by atoms with Gasteiger partial charge in [0, 0.05) is 25.7 Å². The highest BCUT2D eigenvalue weighted by molar-refractivity contribution is 7.89. The normalized spacial score (nSPS) is 31.9. The Bertz CT molecular complexity index is 426. The number of rotatable bonds is 3. The van der Waals surface area contributed by atoms with Gasteiger partial charge in [-0.2, -0.15) is 4.31 Å². The van der Waals surface area contributed by atoms with E-state index in [2.05, 4.69) is 10.2 Å². The molecule has 0 bridgehead atoms. The van der Waals surface area contributed by atoms with Crippen molar-refractivity contribution in [3.63, 3.8) is 0 Å². The van der Waals surface area contributed by atoms with E-state index in [0.717, 1.165) is 64.4 Å². The Morgan fingerprint density at radius 1 is 1.05 bits per heavy atom. The molecule has 1 N–H and O–H groups in total. The Morgan fingerprint density at radius 3 is 2.48 bits per heavy atom. The molecule has 0 radical (unpaired) electrons. The molecule has 3 saturated heterocycles. The fourth-order valence-corrected chi connectivity index (χ4v) is 5.69. The van der Waals surface area contributed by atoms with Gasteiger partial charge in [-0.3, -0.25) is 0 Å². The summed E-state index contributed by atoms with van der Waals surface area (Å²) in [6, 6.07) is 0.234.